The fourth-order valence-electron chi connectivity index (χ4n) is 3.85. The van der Waals surface area contributed by atoms with Gasteiger partial charge in [0.25, 0.3) is 0 Å². The maximum absolute atomic E-state index is 13.1. The van der Waals surface area contributed by atoms with Gasteiger partial charge in [0.15, 0.2) is 0 Å². The second-order valence-electron chi connectivity index (χ2n) is 7.86. The van der Waals surface area contributed by atoms with Gasteiger partial charge >= 0.3 is 0 Å². The molecule has 2 fully saturated rings. The molecule has 0 spiro atoms. The van der Waals surface area contributed by atoms with Gasteiger partial charge in [0.2, 0.25) is 21.8 Å². The summed E-state index contributed by atoms with van der Waals surface area (Å²) >= 11 is 0. The molecule has 0 saturated carbocycles. The predicted molar refractivity (Wildman–Crippen MR) is 109 cm³/mol. The number of carbonyl (C=O) groups is 2. The molecule has 0 radical (unpaired) electrons. The lowest BCUT2D eigenvalue weighted by molar-refractivity contribution is -0.129. The second kappa shape index (κ2) is 8.71. The molecule has 3 rings (SSSR count). The van der Waals surface area contributed by atoms with E-state index in [0.717, 1.165) is 19.3 Å². The fraction of sp³-hybridized carbons (Fsp3) is 0.600. The monoisotopic (exact) mass is 423 g/mol. The Morgan fingerprint density at radius 1 is 1.21 bits per heavy atom. The minimum atomic E-state index is -3.72. The molecular formula is C20H29N3O5S. The molecule has 2 heterocycles. The Bertz CT molecular complexity index is 878. The van der Waals surface area contributed by atoms with Crippen molar-refractivity contribution in [1.82, 2.24) is 9.21 Å². The minimum Gasteiger partial charge on any atom is -0.495 e. The van der Waals surface area contributed by atoms with Crippen LogP contribution in [0.25, 0.3) is 0 Å². The molecule has 29 heavy (non-hydrogen) atoms. The van der Waals surface area contributed by atoms with Gasteiger partial charge in [-0.15, -0.1) is 0 Å². The summed E-state index contributed by atoms with van der Waals surface area (Å²) in [5.41, 5.74) is 0.377. The van der Waals surface area contributed by atoms with Crippen LogP contribution in [-0.4, -0.2) is 62.2 Å². The third-order valence-electron chi connectivity index (χ3n) is 5.52. The number of methoxy groups -OCH3 is 1. The maximum Gasteiger partial charge on any atom is 0.246 e. The molecule has 9 heteroatoms. The van der Waals surface area contributed by atoms with Crippen LogP contribution in [0.1, 0.15) is 39.5 Å². The number of sulfonamides is 1. The lowest BCUT2D eigenvalue weighted by Gasteiger charge is -2.26. The highest BCUT2D eigenvalue weighted by Crippen LogP contribution is 2.31. The largest absolute Gasteiger partial charge is 0.495 e. The van der Waals surface area contributed by atoms with Crippen molar-refractivity contribution in [2.45, 2.75) is 50.5 Å². The first-order valence-corrected chi connectivity index (χ1v) is 11.5. The van der Waals surface area contributed by atoms with Crippen LogP contribution in [0.4, 0.5) is 5.69 Å². The molecule has 2 aliphatic rings. The predicted octanol–water partition coefficient (Wildman–Crippen LogP) is 2.07. The van der Waals surface area contributed by atoms with Gasteiger partial charge in [-0.25, -0.2) is 8.42 Å². The van der Waals surface area contributed by atoms with Gasteiger partial charge in [-0.3, -0.25) is 9.59 Å². The number of nitrogens with one attached hydrogen (secondary N) is 1. The standard InChI is InChI=1S/C20H29N3O5S/c1-14(2)23-13-15(11-19(23)24)20(25)21-16-7-8-17(28-3)18(12-16)29(26,27)22-9-5-4-6-10-22/h7-8,12,14-15H,4-6,9-11,13H2,1-3H3,(H,21,25). The Morgan fingerprint density at radius 2 is 1.90 bits per heavy atom. The van der Waals surface area contributed by atoms with E-state index in [0.29, 0.717) is 25.3 Å². The Morgan fingerprint density at radius 3 is 2.48 bits per heavy atom. The lowest BCUT2D eigenvalue weighted by atomic mass is 10.1. The number of ether oxygens (including phenoxy) is 1. The van der Waals surface area contributed by atoms with Gasteiger partial charge in [-0.05, 0) is 44.9 Å². The quantitative estimate of drug-likeness (QED) is 0.756. The van der Waals surface area contributed by atoms with Crippen LogP contribution in [0.5, 0.6) is 5.75 Å². The number of nitrogens with zero attached hydrogens (tertiary/aromatic N) is 2. The summed E-state index contributed by atoms with van der Waals surface area (Å²) in [5, 5.41) is 2.77. The number of rotatable bonds is 6. The van der Waals surface area contributed by atoms with Crippen molar-refractivity contribution in [3.63, 3.8) is 0 Å². The van der Waals surface area contributed by atoms with Crippen molar-refractivity contribution < 1.29 is 22.7 Å². The van der Waals surface area contributed by atoms with Crippen LogP contribution in [-0.2, 0) is 19.6 Å². The van der Waals surface area contributed by atoms with Crippen molar-refractivity contribution in [3.8, 4) is 5.75 Å². The first-order valence-electron chi connectivity index (χ1n) is 10.0. The van der Waals surface area contributed by atoms with Crippen molar-refractivity contribution in [3.05, 3.63) is 18.2 Å². The van der Waals surface area contributed by atoms with E-state index in [-0.39, 0.29) is 34.9 Å². The summed E-state index contributed by atoms with van der Waals surface area (Å²) in [5.74, 6) is -0.527. The molecule has 1 aromatic carbocycles. The number of likely N-dealkylation sites (tertiary alicyclic amines) is 1. The maximum atomic E-state index is 13.1. The van der Waals surface area contributed by atoms with E-state index in [1.54, 1.807) is 17.0 Å². The molecule has 0 aliphatic carbocycles. The third-order valence-corrected chi connectivity index (χ3v) is 7.44. The summed E-state index contributed by atoms with van der Waals surface area (Å²) in [7, 11) is -2.29. The van der Waals surface area contributed by atoms with E-state index in [2.05, 4.69) is 5.32 Å². The van der Waals surface area contributed by atoms with Gasteiger partial charge in [-0.1, -0.05) is 6.42 Å². The third kappa shape index (κ3) is 4.56. The number of hydrogen-bond donors (Lipinski definition) is 1. The van der Waals surface area contributed by atoms with Crippen molar-refractivity contribution >= 4 is 27.5 Å². The molecule has 0 bridgehead atoms. The zero-order valence-corrected chi connectivity index (χ0v) is 18.0. The first-order chi connectivity index (χ1) is 13.7. The minimum absolute atomic E-state index is 0.0387. The van der Waals surface area contributed by atoms with Gasteiger partial charge in [0.05, 0.1) is 13.0 Å². The van der Waals surface area contributed by atoms with Crippen molar-refractivity contribution in [1.29, 1.82) is 0 Å². The van der Waals surface area contributed by atoms with Crippen LogP contribution in [0.2, 0.25) is 0 Å². The molecular weight excluding hydrogens is 394 g/mol. The van der Waals surface area contributed by atoms with E-state index in [1.807, 2.05) is 13.8 Å². The summed E-state index contributed by atoms with van der Waals surface area (Å²) in [4.78, 5) is 26.5. The number of anilines is 1. The number of hydrogen-bond acceptors (Lipinski definition) is 5. The molecule has 2 amide bonds. The second-order valence-corrected chi connectivity index (χ2v) is 9.77. The Kier molecular flexibility index (Phi) is 6.48. The summed E-state index contributed by atoms with van der Waals surface area (Å²) in [6, 6.07) is 4.65. The van der Waals surface area contributed by atoms with Crippen molar-refractivity contribution in [2.24, 2.45) is 5.92 Å². The van der Waals surface area contributed by atoms with E-state index < -0.39 is 15.9 Å². The van der Waals surface area contributed by atoms with Crippen LogP contribution in [0, 0.1) is 5.92 Å². The highest BCUT2D eigenvalue weighted by atomic mass is 32.2. The van der Waals surface area contributed by atoms with Gasteiger partial charge in [0.1, 0.15) is 10.6 Å². The lowest BCUT2D eigenvalue weighted by Crippen LogP contribution is -2.36. The van der Waals surface area contributed by atoms with E-state index in [4.69, 9.17) is 4.74 Å². The average Bonchev–Trinajstić information content (AvgIpc) is 3.11. The normalized spacial score (nSPS) is 20.9. The molecule has 0 aromatic heterocycles. The van der Waals surface area contributed by atoms with E-state index in [9.17, 15) is 18.0 Å². The number of amides is 2. The smallest absolute Gasteiger partial charge is 0.246 e. The summed E-state index contributed by atoms with van der Waals surface area (Å²) in [6.07, 6.45) is 2.85. The highest BCUT2D eigenvalue weighted by Gasteiger charge is 2.36. The van der Waals surface area contributed by atoms with Crippen LogP contribution < -0.4 is 10.1 Å². The van der Waals surface area contributed by atoms with Crippen molar-refractivity contribution in [2.75, 3.05) is 32.1 Å². The Hall–Kier alpha value is -2.13. The van der Waals surface area contributed by atoms with Crippen LogP contribution in [0.3, 0.4) is 0 Å². The molecule has 1 N–H and O–H groups in total. The molecule has 160 valence electrons. The molecule has 2 saturated heterocycles. The van der Waals surface area contributed by atoms with Gasteiger partial charge in [0, 0.05) is 37.8 Å². The van der Waals surface area contributed by atoms with Gasteiger partial charge < -0.3 is 15.0 Å². The number of carbonyl (C=O) groups excluding carboxylic acids is 2. The highest BCUT2D eigenvalue weighted by molar-refractivity contribution is 7.89. The van der Waals surface area contributed by atoms with Crippen LogP contribution in [0.15, 0.2) is 23.1 Å². The Balaban J connectivity index is 1.80. The average molecular weight is 424 g/mol. The van der Waals surface area contributed by atoms with E-state index in [1.165, 1.54) is 17.5 Å². The molecule has 8 nitrogen and oxygen atoms in total. The summed E-state index contributed by atoms with van der Waals surface area (Å²) < 4.78 is 32.9. The molecule has 1 atom stereocenters. The zero-order valence-electron chi connectivity index (χ0n) is 17.2. The number of benzene rings is 1. The molecule has 1 aromatic rings. The molecule has 2 aliphatic heterocycles. The number of piperidine rings is 1. The SMILES string of the molecule is COc1ccc(NC(=O)C2CC(=O)N(C(C)C)C2)cc1S(=O)(=O)N1CCCCC1. The fourth-order valence-corrected chi connectivity index (χ4v) is 5.55. The van der Waals surface area contributed by atoms with Gasteiger partial charge in [-0.2, -0.15) is 4.31 Å². The van der Waals surface area contributed by atoms with Crippen LogP contribution >= 0.6 is 0 Å². The molecule has 1 unspecified atom stereocenters. The zero-order chi connectivity index (χ0) is 21.2. The Labute approximate surface area is 172 Å². The first kappa shape index (κ1) is 21.6. The summed E-state index contributed by atoms with van der Waals surface area (Å²) in [6.45, 7) is 5.17. The topological polar surface area (TPSA) is 96.0 Å². The van der Waals surface area contributed by atoms with E-state index >= 15 is 0 Å².